The number of ether oxygens (including phenoxy) is 2. The average Bonchev–Trinajstić information content (AvgIpc) is 1.64. The number of benzene rings is 11. The maximum Gasteiger partial charge on any atom is 0.143 e. The van der Waals surface area contributed by atoms with Crippen LogP contribution in [-0.2, 0) is 21.1 Å². The molecule has 0 saturated heterocycles. The molecule has 0 amide bonds. The van der Waals surface area contributed by atoms with Gasteiger partial charge in [-0.05, 0) is 86.0 Å². The van der Waals surface area contributed by atoms with E-state index in [0.717, 1.165) is 16.7 Å². The summed E-state index contributed by atoms with van der Waals surface area (Å²) >= 11 is 0. The first-order valence-corrected chi connectivity index (χ1v) is 27.2. The number of pyridine rings is 1. The summed E-state index contributed by atoms with van der Waals surface area (Å²) in [5.41, 5.74) is 6.22. The number of hydrogen-bond donors (Lipinski definition) is 0. The Bertz CT molecular complexity index is 5580. The summed E-state index contributed by atoms with van der Waals surface area (Å²) in [5, 5.41) is 1.13. The van der Waals surface area contributed by atoms with E-state index in [2.05, 4.69) is 58.0 Å². The van der Waals surface area contributed by atoms with Gasteiger partial charge in [-0.25, -0.2) is 4.98 Å². The SMILES string of the molecule is [2H]c1c([2H])c([2H])c(-c2ccc3c(c2)c2ccc(Oc4[c-]c(N5[CH-]N(c6c(-c7c([2H])c([2H])c([2H])c([2H])c7[2H])cccc6-c6c([2H])c([2H])c([2H])c([2H])c6[2H])c6ccccc65)ccc4)[c-]c2n3-c2cc(Oc3c(-c4cc(C(C)C)cc(C(C)C)c4)cccc3-c3c([2H])c([2H])c([2H])c([2H])c3[2H])ccn2)c([2H])c1[2H].[Pt]. The summed E-state index contributed by atoms with van der Waals surface area (Å²) in [5.74, 6) is 1.32. The van der Waals surface area contributed by atoms with Crippen LogP contribution in [-0.4, -0.2) is 9.55 Å². The summed E-state index contributed by atoms with van der Waals surface area (Å²) in [7, 11) is 0. The topological polar surface area (TPSA) is 42.8 Å². The second kappa shape index (κ2) is 23.5. The second-order valence-corrected chi connectivity index (χ2v) is 20.5. The standard InChI is InChI=1S/C78H59N4O2.Pt/c1-52(2)59-44-60(53(3)4)46-61(45-59)69-35-21-34-68(57-28-15-8-16-29-57)78(69)84-65-42-43-79-76(50-65)82-72-41-38-58(54-22-9-5-10-23-54)47-71(72)70-40-39-64(49-75(70)82)83-63-31-19-30-62(48-63)80-51-81(74-37-18-17-36-73(74)80)77-66(55-24-11-6-12-25-55)32-20-33-67(77)56-26-13-7-14-27-56;/h5-47,50-53H,1-4H3;/q-3;/i5D,6D,7D,8D,9D,10D,11D,12D,13D,14D,15D,16D,22D,23D,24D,25D,26D,27D,28D,29D;. The summed E-state index contributed by atoms with van der Waals surface area (Å²) < 4.78 is 191. The molecule has 0 bridgehead atoms. The molecule has 1 aliphatic rings. The van der Waals surface area contributed by atoms with Gasteiger partial charge < -0.3 is 23.8 Å². The van der Waals surface area contributed by atoms with E-state index in [4.69, 9.17) is 39.1 Å². The van der Waals surface area contributed by atoms with Crippen molar-refractivity contribution < 1.29 is 58.0 Å². The summed E-state index contributed by atoms with van der Waals surface area (Å²) in [6, 6.07) is 36.7. The van der Waals surface area contributed by atoms with Crippen molar-refractivity contribution >= 4 is 44.6 Å². The van der Waals surface area contributed by atoms with Gasteiger partial charge in [-0.3, -0.25) is 0 Å². The Hall–Kier alpha value is -9.74. The largest absolute Gasteiger partial charge is 0.509 e. The van der Waals surface area contributed by atoms with Crippen LogP contribution >= 0.6 is 0 Å². The monoisotopic (exact) mass is 1300 g/mol. The molecule has 14 rings (SSSR count). The third-order valence-corrected chi connectivity index (χ3v) is 14.7. The minimum absolute atomic E-state index is 0. The van der Waals surface area contributed by atoms with Crippen molar-refractivity contribution in [3.05, 3.63) is 296 Å². The van der Waals surface area contributed by atoms with Gasteiger partial charge in [0.2, 0.25) is 0 Å². The van der Waals surface area contributed by atoms with Crippen molar-refractivity contribution in [2.45, 2.75) is 39.5 Å². The van der Waals surface area contributed by atoms with Gasteiger partial charge in [0.1, 0.15) is 17.3 Å². The first-order valence-electron chi connectivity index (χ1n) is 37.2. The Kier molecular flexibility index (Phi) is 9.97. The molecule has 6 nitrogen and oxygen atoms in total. The Morgan fingerprint density at radius 3 is 1.64 bits per heavy atom. The molecule has 7 heteroatoms. The number of para-hydroxylation sites is 4. The van der Waals surface area contributed by atoms with Crippen molar-refractivity contribution in [1.29, 1.82) is 0 Å². The summed E-state index contributed by atoms with van der Waals surface area (Å²) in [4.78, 5) is 8.35. The van der Waals surface area contributed by atoms with E-state index in [1.165, 1.54) is 12.3 Å². The van der Waals surface area contributed by atoms with Crippen molar-refractivity contribution in [2.24, 2.45) is 0 Å². The van der Waals surface area contributed by atoms with E-state index in [1.54, 1.807) is 124 Å². The number of fused-ring (bicyclic) bond motifs is 4. The molecule has 0 saturated carbocycles. The van der Waals surface area contributed by atoms with Gasteiger partial charge in [-0.2, -0.15) is 12.1 Å². The smallest absolute Gasteiger partial charge is 0.143 e. The Morgan fingerprint density at radius 1 is 0.459 bits per heavy atom. The van der Waals surface area contributed by atoms with Crippen LogP contribution in [0.2, 0.25) is 0 Å². The van der Waals surface area contributed by atoms with E-state index in [0.29, 0.717) is 50.0 Å². The first-order chi connectivity index (χ1) is 49.6. The van der Waals surface area contributed by atoms with Crippen molar-refractivity contribution in [1.82, 2.24) is 9.55 Å². The van der Waals surface area contributed by atoms with Crippen LogP contribution < -0.4 is 19.3 Å². The third kappa shape index (κ3) is 10.6. The van der Waals surface area contributed by atoms with Gasteiger partial charge in [0.25, 0.3) is 0 Å². The number of hydrogen-bond acceptors (Lipinski definition) is 5. The van der Waals surface area contributed by atoms with Crippen LogP contribution in [0.5, 0.6) is 23.0 Å². The molecule has 0 aliphatic carbocycles. The molecular weight excluding hydrogens is 1220 g/mol. The molecule has 416 valence electrons. The first kappa shape index (κ1) is 36.1. The van der Waals surface area contributed by atoms with E-state index in [-0.39, 0.29) is 106 Å². The fourth-order valence-electron chi connectivity index (χ4n) is 10.6. The Balaban J connectivity index is 0.00000978. The Labute approximate surface area is 540 Å². The van der Waals surface area contributed by atoms with Crippen LogP contribution in [0.4, 0.5) is 22.7 Å². The fraction of sp³-hybridized carbons (Fsp3) is 0.0769. The molecule has 0 fully saturated rings. The van der Waals surface area contributed by atoms with Gasteiger partial charge >= 0.3 is 0 Å². The number of nitrogens with zero attached hydrogens (tertiary/aromatic N) is 4. The van der Waals surface area contributed by atoms with Gasteiger partial charge in [0, 0.05) is 89.7 Å². The zero-order chi connectivity index (χ0) is 74.1. The molecule has 0 unspecified atom stereocenters. The third-order valence-electron chi connectivity index (χ3n) is 14.7. The maximum atomic E-state index is 9.17. The maximum absolute atomic E-state index is 9.17. The molecule has 0 N–H and O–H groups in total. The second-order valence-electron chi connectivity index (χ2n) is 20.5. The molecule has 0 radical (unpaired) electrons. The quantitative estimate of drug-likeness (QED) is 0.102. The molecular formula is C78H59N4O2Pt-3. The minimum atomic E-state index is -0.622. The van der Waals surface area contributed by atoms with Gasteiger partial charge in [0.05, 0.1) is 27.4 Å². The van der Waals surface area contributed by atoms with Gasteiger partial charge in [-0.15, -0.1) is 48.1 Å². The van der Waals surface area contributed by atoms with E-state index < -0.39 is 121 Å². The van der Waals surface area contributed by atoms with Crippen molar-refractivity contribution in [3.8, 4) is 84.5 Å². The van der Waals surface area contributed by atoms with Crippen LogP contribution in [0.15, 0.2) is 267 Å². The fourth-order valence-corrected chi connectivity index (χ4v) is 10.6. The summed E-state index contributed by atoms with van der Waals surface area (Å²) in [6.45, 7) is 10.0. The van der Waals surface area contributed by atoms with Crippen molar-refractivity contribution in [2.75, 3.05) is 9.80 Å². The average molecular weight is 1300 g/mol. The number of anilines is 4. The zero-order valence-corrected chi connectivity index (χ0v) is 48.3. The van der Waals surface area contributed by atoms with Crippen LogP contribution in [0.25, 0.3) is 83.3 Å². The van der Waals surface area contributed by atoms with Gasteiger partial charge in [0.15, 0.2) is 0 Å². The molecule has 2 aromatic heterocycles. The van der Waals surface area contributed by atoms with Crippen LogP contribution in [0.1, 0.15) is 78.1 Å². The Morgan fingerprint density at radius 2 is 1.01 bits per heavy atom. The molecule has 85 heavy (non-hydrogen) atoms. The molecule has 3 heterocycles. The molecule has 0 atom stereocenters. The van der Waals surface area contributed by atoms with E-state index >= 15 is 0 Å². The van der Waals surface area contributed by atoms with Gasteiger partial charge in [-0.1, -0.05) is 233 Å². The molecule has 1 aliphatic heterocycles. The van der Waals surface area contributed by atoms with E-state index in [9.17, 15) is 2.74 Å². The van der Waals surface area contributed by atoms with E-state index in [1.807, 2.05) is 12.1 Å². The van der Waals surface area contributed by atoms with Crippen LogP contribution in [0.3, 0.4) is 0 Å². The summed E-state index contributed by atoms with van der Waals surface area (Å²) in [6.07, 6.45) is 1.53. The molecule has 13 aromatic rings. The van der Waals surface area contributed by atoms with Crippen LogP contribution in [0, 0.1) is 18.8 Å². The van der Waals surface area contributed by atoms with Crippen molar-refractivity contribution in [3.63, 3.8) is 0 Å². The zero-order valence-electron chi connectivity index (χ0n) is 66.0. The number of rotatable bonds is 14. The molecule has 0 spiro atoms. The number of aromatic nitrogens is 2. The predicted octanol–water partition coefficient (Wildman–Crippen LogP) is 21.4. The molecule has 11 aromatic carbocycles. The predicted molar refractivity (Wildman–Crippen MR) is 346 cm³/mol. The normalized spacial score (nSPS) is 15.3. The minimum Gasteiger partial charge on any atom is -0.509 e.